The van der Waals surface area contributed by atoms with E-state index < -0.39 is 5.41 Å². The molecule has 3 heterocycles. The first-order valence-electron chi connectivity index (χ1n) is 27.7. The maximum atomic E-state index is 4.43. The Hall–Kier alpha value is -9.57. The SMILES string of the molecule is C=C/C(=C\C=C/C)c1ccc2c(c1)C1(c3ccccc3CCc3ccccc31)c1cc(-c3cccnc3)ccc1-2.c1cncc(-c2ccc3c(c2)-c2cc(-c4cccnc4)ccc2C32c3ccccc3CCc3ccccc32)c1. The van der Waals surface area contributed by atoms with Gasteiger partial charge in [-0.1, -0.05) is 195 Å². The highest BCUT2D eigenvalue weighted by atomic mass is 14.6. The monoisotopic (exact) mass is 1010 g/mol. The minimum Gasteiger partial charge on any atom is -0.264 e. The highest BCUT2D eigenvalue weighted by Gasteiger charge is 2.51. The first-order chi connectivity index (χ1) is 39.1. The first kappa shape index (κ1) is 47.8. The highest BCUT2D eigenvalue weighted by molar-refractivity contribution is 5.93. The average molecular weight is 1010 g/mol. The normalized spacial score (nSPS) is 14.5. The molecule has 11 aromatic rings. The maximum Gasteiger partial charge on any atom is 0.0719 e. The Morgan fingerprint density at radius 1 is 0.367 bits per heavy atom. The van der Waals surface area contributed by atoms with Gasteiger partial charge in [0.2, 0.25) is 0 Å². The quantitative estimate of drug-likeness (QED) is 0.156. The molecule has 3 heteroatoms. The van der Waals surface area contributed by atoms with Crippen LogP contribution in [0.25, 0.3) is 61.2 Å². The van der Waals surface area contributed by atoms with Crippen LogP contribution in [0.4, 0.5) is 0 Å². The predicted molar refractivity (Wildman–Crippen MR) is 325 cm³/mol. The van der Waals surface area contributed by atoms with Gasteiger partial charge in [-0.3, -0.25) is 15.0 Å². The van der Waals surface area contributed by atoms with Crippen LogP contribution in [0, 0.1) is 0 Å². The zero-order valence-corrected chi connectivity index (χ0v) is 44.3. The first-order valence-corrected chi connectivity index (χ1v) is 27.7. The van der Waals surface area contributed by atoms with Crippen molar-refractivity contribution in [3.63, 3.8) is 0 Å². The van der Waals surface area contributed by atoms with Crippen LogP contribution in [0.2, 0.25) is 0 Å². The lowest BCUT2D eigenvalue weighted by molar-refractivity contribution is 0.762. The van der Waals surface area contributed by atoms with Gasteiger partial charge in [0.25, 0.3) is 0 Å². The summed E-state index contributed by atoms with van der Waals surface area (Å²) in [6.45, 7) is 6.20. The summed E-state index contributed by atoms with van der Waals surface area (Å²) >= 11 is 0. The minimum atomic E-state index is -0.421. The van der Waals surface area contributed by atoms with Gasteiger partial charge in [0.05, 0.1) is 10.8 Å². The molecular formula is C76H57N3. The highest BCUT2D eigenvalue weighted by Crippen LogP contribution is 2.61. The third kappa shape index (κ3) is 7.67. The molecule has 0 bridgehead atoms. The standard InChI is InChI=1S/C39H31N.C37H26N2/c1-3-5-11-27(4-2)30-19-21-33-34-22-20-31(32-14-10-23-40-26-32)25-38(34)39(37(33)24-30)35-15-8-6-12-28(35)17-18-29-13-7-9-16-36(29)39;1-3-11-33-25(7-1)13-14-26-8-2-4-12-34(26)37(33)35-17-15-27(29-9-5-19-38-23-29)21-31(35)32-22-28(16-18-36(32)37)30-10-6-20-39-24-30/h3-16,19-26H,2,17-18H2,1H3;1-12,15-24H,13-14H2/b5-3-,27-11+;. The summed E-state index contributed by atoms with van der Waals surface area (Å²) in [5, 5.41) is 0. The lowest BCUT2D eigenvalue weighted by atomic mass is 9.65. The van der Waals surface area contributed by atoms with Gasteiger partial charge in [0.1, 0.15) is 0 Å². The number of fused-ring (bicyclic) bond motifs is 18. The lowest BCUT2D eigenvalue weighted by Crippen LogP contribution is -2.30. The van der Waals surface area contributed by atoms with Crippen molar-refractivity contribution >= 4 is 5.57 Å². The lowest BCUT2D eigenvalue weighted by Gasteiger charge is -2.35. The van der Waals surface area contributed by atoms with Crippen LogP contribution in [-0.4, -0.2) is 15.0 Å². The summed E-state index contributed by atoms with van der Waals surface area (Å²) < 4.78 is 0. The van der Waals surface area contributed by atoms with Crippen LogP contribution in [0.15, 0.2) is 274 Å². The number of aryl methyl sites for hydroxylation is 4. The fourth-order valence-electron chi connectivity index (χ4n) is 13.9. The number of benzene rings is 8. The van der Waals surface area contributed by atoms with Crippen molar-refractivity contribution in [3.05, 3.63) is 347 Å². The summed E-state index contributed by atoms with van der Waals surface area (Å²) in [6.07, 6.45) is 23.8. The number of hydrogen-bond acceptors (Lipinski definition) is 3. The number of rotatable bonds is 6. The van der Waals surface area contributed by atoms with Gasteiger partial charge in [-0.05, 0) is 197 Å². The largest absolute Gasteiger partial charge is 0.264 e. The molecule has 0 radical (unpaired) electrons. The third-order valence-corrected chi connectivity index (χ3v) is 17.3. The van der Waals surface area contributed by atoms with Crippen LogP contribution in [0.1, 0.15) is 79.2 Å². The van der Waals surface area contributed by atoms with E-state index in [1.807, 2.05) is 68.4 Å². The van der Waals surface area contributed by atoms with Crippen molar-refractivity contribution in [1.29, 1.82) is 0 Å². The second-order valence-corrected chi connectivity index (χ2v) is 21.2. The Balaban J connectivity index is 0.000000143. The van der Waals surface area contributed by atoms with Crippen LogP contribution in [0.3, 0.4) is 0 Å². The molecular weight excluding hydrogens is 955 g/mol. The molecule has 8 aromatic carbocycles. The Morgan fingerprint density at radius 3 is 1.18 bits per heavy atom. The topological polar surface area (TPSA) is 38.7 Å². The van der Waals surface area contributed by atoms with Gasteiger partial charge >= 0.3 is 0 Å². The molecule has 0 unspecified atom stereocenters. The van der Waals surface area contributed by atoms with Crippen LogP contribution in [0.5, 0.6) is 0 Å². The number of hydrogen-bond donors (Lipinski definition) is 0. The van der Waals surface area contributed by atoms with Crippen molar-refractivity contribution in [2.45, 2.75) is 43.4 Å². The van der Waals surface area contributed by atoms with Crippen molar-refractivity contribution in [2.75, 3.05) is 0 Å². The van der Waals surface area contributed by atoms with Gasteiger partial charge in [0.15, 0.2) is 0 Å². The molecule has 15 rings (SSSR count). The molecule has 3 nitrogen and oxygen atoms in total. The summed E-state index contributed by atoms with van der Waals surface area (Å²) in [6, 6.07) is 76.9. The van der Waals surface area contributed by atoms with Crippen LogP contribution in [-0.2, 0) is 36.5 Å². The van der Waals surface area contributed by atoms with E-state index >= 15 is 0 Å². The number of allylic oxidation sites excluding steroid dienone is 5. The molecule has 0 saturated heterocycles. The molecule has 376 valence electrons. The Labute approximate surface area is 463 Å². The Kier molecular flexibility index (Phi) is 12.0. The van der Waals surface area contributed by atoms with Crippen molar-refractivity contribution in [2.24, 2.45) is 0 Å². The van der Waals surface area contributed by atoms with E-state index in [9.17, 15) is 0 Å². The van der Waals surface area contributed by atoms with Crippen molar-refractivity contribution < 1.29 is 0 Å². The van der Waals surface area contributed by atoms with Crippen molar-refractivity contribution in [3.8, 4) is 55.6 Å². The van der Waals surface area contributed by atoms with E-state index in [-0.39, 0.29) is 5.41 Å². The zero-order chi connectivity index (χ0) is 52.9. The molecule has 0 N–H and O–H groups in total. The number of aromatic nitrogens is 3. The van der Waals surface area contributed by atoms with Crippen LogP contribution < -0.4 is 0 Å². The summed E-state index contributed by atoms with van der Waals surface area (Å²) in [5.41, 5.74) is 30.4. The molecule has 0 saturated carbocycles. The molecule has 3 aromatic heterocycles. The fraction of sp³-hybridized carbons (Fsp3) is 0.0921. The molecule has 4 aliphatic rings. The third-order valence-electron chi connectivity index (χ3n) is 17.3. The van der Waals surface area contributed by atoms with E-state index in [0.717, 1.165) is 47.9 Å². The molecule has 0 fully saturated rings. The van der Waals surface area contributed by atoms with Gasteiger partial charge in [-0.25, -0.2) is 0 Å². The van der Waals surface area contributed by atoms with E-state index in [1.54, 1.807) is 0 Å². The molecule has 79 heavy (non-hydrogen) atoms. The number of nitrogens with zero attached hydrogens (tertiary/aromatic N) is 3. The number of pyridine rings is 3. The smallest absolute Gasteiger partial charge is 0.0719 e. The Morgan fingerprint density at radius 2 is 0.759 bits per heavy atom. The second kappa shape index (κ2) is 19.8. The van der Waals surface area contributed by atoms with Gasteiger partial charge in [0, 0.05) is 48.3 Å². The zero-order valence-electron chi connectivity index (χ0n) is 44.3. The van der Waals surface area contributed by atoms with E-state index in [2.05, 4.69) is 228 Å². The molecule has 4 aliphatic carbocycles. The van der Waals surface area contributed by atoms with E-state index in [1.165, 1.54) is 111 Å². The fourth-order valence-corrected chi connectivity index (χ4v) is 13.9. The predicted octanol–water partition coefficient (Wildman–Crippen LogP) is 17.6. The summed E-state index contributed by atoms with van der Waals surface area (Å²) in [5.74, 6) is 0. The van der Waals surface area contributed by atoms with E-state index in [0.29, 0.717) is 0 Å². The molecule has 0 aliphatic heterocycles. The summed E-state index contributed by atoms with van der Waals surface area (Å²) in [4.78, 5) is 13.2. The minimum absolute atomic E-state index is 0.366. The van der Waals surface area contributed by atoms with Gasteiger partial charge in [-0.15, -0.1) is 0 Å². The Bertz CT molecular complexity index is 4040. The van der Waals surface area contributed by atoms with Crippen molar-refractivity contribution in [1.82, 2.24) is 15.0 Å². The average Bonchev–Trinajstić information content (AvgIpc) is 2.63. The summed E-state index contributed by atoms with van der Waals surface area (Å²) in [7, 11) is 0. The molecule has 0 atom stereocenters. The van der Waals surface area contributed by atoms with Gasteiger partial charge < -0.3 is 0 Å². The molecule has 2 spiro atoms. The van der Waals surface area contributed by atoms with Crippen LogP contribution >= 0.6 is 0 Å². The van der Waals surface area contributed by atoms with Gasteiger partial charge in [-0.2, -0.15) is 0 Å². The second-order valence-electron chi connectivity index (χ2n) is 21.2. The molecule has 0 amide bonds. The van der Waals surface area contributed by atoms with E-state index in [4.69, 9.17) is 0 Å². The maximum absolute atomic E-state index is 4.43.